The molecule has 1 aliphatic rings. The van der Waals surface area contributed by atoms with Crippen molar-refractivity contribution in [1.29, 1.82) is 0 Å². The number of ketones is 2. The molecular weight excluding hydrogens is 234 g/mol. The summed E-state index contributed by atoms with van der Waals surface area (Å²) >= 11 is 0. The Morgan fingerprint density at radius 3 is 1.71 bits per heavy atom. The number of hydrogen-bond acceptors (Lipinski definition) is 4. The molecule has 0 spiro atoms. The Morgan fingerprint density at radius 2 is 1.41 bits per heavy atom. The number of rotatable bonds is 1. The van der Waals surface area contributed by atoms with E-state index in [4.69, 9.17) is 22.1 Å². The maximum absolute atomic E-state index is 10.5. The molecule has 0 heterocycles. The molecular formula is C6H3N7O4-2. The van der Waals surface area contributed by atoms with Crippen LogP contribution in [0.3, 0.4) is 0 Å². The van der Waals surface area contributed by atoms with Crippen molar-refractivity contribution in [2.75, 3.05) is 0 Å². The molecule has 0 saturated carbocycles. The highest BCUT2D eigenvalue weighted by atomic mass is 16.6. The first-order valence-corrected chi connectivity index (χ1v) is 3.54. The van der Waals surface area contributed by atoms with Crippen LogP contribution in [0.2, 0.25) is 0 Å². The average molecular weight is 237 g/mol. The number of nitro groups is 1. The van der Waals surface area contributed by atoms with Gasteiger partial charge in [0, 0.05) is 6.08 Å². The molecule has 0 fully saturated rings. The van der Waals surface area contributed by atoms with E-state index < -0.39 is 16.5 Å². The van der Waals surface area contributed by atoms with Gasteiger partial charge in [0.1, 0.15) is 0 Å². The van der Waals surface area contributed by atoms with Crippen LogP contribution in [0.15, 0.2) is 23.9 Å². The summed E-state index contributed by atoms with van der Waals surface area (Å²) in [7, 11) is 0. The first kappa shape index (κ1) is 16.3. The van der Waals surface area contributed by atoms with Crippen molar-refractivity contribution in [3.8, 4) is 0 Å². The van der Waals surface area contributed by atoms with Gasteiger partial charge >= 0.3 is 0 Å². The standard InChI is InChI=1S/C6H3NO4.2N3/c8-5-2-1-4(7(10)11)3-6(5)9;2*1-3-2/h1-3H;;/q;2*-1. The second kappa shape index (κ2) is 9.40. The molecule has 0 N–H and O–H groups in total. The molecule has 11 heteroatoms. The third kappa shape index (κ3) is 7.88. The Morgan fingerprint density at radius 1 is 1.00 bits per heavy atom. The first-order valence-electron chi connectivity index (χ1n) is 3.54. The van der Waals surface area contributed by atoms with Crippen LogP contribution < -0.4 is 0 Å². The summed E-state index contributed by atoms with van der Waals surface area (Å²) in [5, 5.41) is 10.0. The van der Waals surface area contributed by atoms with Crippen LogP contribution in [0.25, 0.3) is 31.9 Å². The molecule has 0 aromatic carbocycles. The van der Waals surface area contributed by atoms with Crippen molar-refractivity contribution in [3.63, 3.8) is 0 Å². The highest BCUT2D eigenvalue weighted by Crippen LogP contribution is 2.04. The molecule has 0 aromatic rings. The molecule has 0 aromatic heterocycles. The van der Waals surface area contributed by atoms with Gasteiger partial charge in [-0.25, -0.2) is 0 Å². The Balaban J connectivity index is 0. The van der Waals surface area contributed by atoms with Crippen LogP contribution >= 0.6 is 0 Å². The summed E-state index contributed by atoms with van der Waals surface area (Å²) in [5.41, 5.74) is 26.6. The first-order chi connectivity index (χ1) is 7.94. The largest absolute Gasteiger partial charge is 0.373 e. The fourth-order valence-corrected chi connectivity index (χ4v) is 0.610. The maximum atomic E-state index is 10.5. The molecule has 88 valence electrons. The van der Waals surface area contributed by atoms with Crippen LogP contribution in [0.5, 0.6) is 0 Å². The van der Waals surface area contributed by atoms with E-state index in [2.05, 4.69) is 0 Å². The molecule has 1 aliphatic carbocycles. The van der Waals surface area contributed by atoms with E-state index in [0.717, 1.165) is 12.2 Å². The molecule has 17 heavy (non-hydrogen) atoms. The lowest BCUT2D eigenvalue weighted by Gasteiger charge is -1.94. The third-order valence-corrected chi connectivity index (χ3v) is 1.14. The molecule has 0 unspecified atom stereocenters. The monoisotopic (exact) mass is 237 g/mol. The predicted molar refractivity (Wildman–Crippen MR) is 54.4 cm³/mol. The van der Waals surface area contributed by atoms with E-state index in [0.29, 0.717) is 6.08 Å². The summed E-state index contributed by atoms with van der Waals surface area (Å²) in [6.45, 7) is 0. The van der Waals surface area contributed by atoms with Gasteiger partial charge in [-0.05, 0) is 6.08 Å². The zero-order chi connectivity index (χ0) is 13.8. The number of carbonyl (C=O) groups excluding carboxylic acids is 2. The van der Waals surface area contributed by atoms with Gasteiger partial charge in [0.15, 0.2) is 0 Å². The smallest absolute Gasteiger partial charge is 0.273 e. The fourth-order valence-electron chi connectivity index (χ4n) is 0.610. The minimum atomic E-state index is -0.848. The van der Waals surface area contributed by atoms with Gasteiger partial charge < -0.3 is 22.1 Å². The summed E-state index contributed by atoms with van der Waals surface area (Å²) < 4.78 is 0. The Labute approximate surface area is 93.0 Å². The predicted octanol–water partition coefficient (Wildman–Crippen LogP) is 1.59. The lowest BCUT2D eigenvalue weighted by atomic mass is 10.1. The average Bonchev–Trinajstić information content (AvgIpc) is 2.24. The molecule has 11 nitrogen and oxygen atoms in total. The van der Waals surface area contributed by atoms with E-state index in [1.54, 1.807) is 0 Å². The van der Waals surface area contributed by atoms with Gasteiger partial charge in [0.2, 0.25) is 11.6 Å². The zero-order valence-electron chi connectivity index (χ0n) is 8.00. The zero-order valence-corrected chi connectivity index (χ0v) is 8.00. The van der Waals surface area contributed by atoms with Gasteiger partial charge in [-0.1, -0.05) is 0 Å². The SMILES string of the molecule is O=C1C=CC([N+](=O)[O-])=CC1=O.[N-]=[N+]=[N-].[N-]=[N+]=[N-]. The highest BCUT2D eigenvalue weighted by Gasteiger charge is 2.19. The van der Waals surface area contributed by atoms with E-state index in [-0.39, 0.29) is 5.70 Å². The molecule has 0 radical (unpaired) electrons. The van der Waals surface area contributed by atoms with Gasteiger partial charge in [-0.3, -0.25) is 29.5 Å². The van der Waals surface area contributed by atoms with Gasteiger partial charge in [-0.15, -0.1) is 0 Å². The fraction of sp³-hybridized carbons (Fsp3) is 0. The van der Waals surface area contributed by atoms with Gasteiger partial charge in [-0.2, -0.15) is 0 Å². The van der Waals surface area contributed by atoms with Crippen molar-refractivity contribution < 1.29 is 14.5 Å². The minimum Gasteiger partial charge on any atom is -0.373 e. The molecule has 0 bridgehead atoms. The number of nitrogens with zero attached hydrogens (tertiary/aromatic N) is 7. The van der Waals surface area contributed by atoms with E-state index in [1.165, 1.54) is 9.82 Å². The molecule has 0 aliphatic heterocycles. The van der Waals surface area contributed by atoms with E-state index in [1.807, 2.05) is 0 Å². The molecule has 0 saturated heterocycles. The number of carbonyl (C=O) groups is 2. The van der Waals surface area contributed by atoms with E-state index >= 15 is 0 Å². The van der Waals surface area contributed by atoms with E-state index in [9.17, 15) is 19.7 Å². The van der Waals surface area contributed by atoms with Crippen molar-refractivity contribution >= 4 is 11.6 Å². The van der Waals surface area contributed by atoms with Crippen LogP contribution in [-0.4, -0.2) is 16.5 Å². The Hall–Kier alpha value is -3.16. The quantitative estimate of drug-likeness (QED) is 0.127. The van der Waals surface area contributed by atoms with Gasteiger partial charge in [0.05, 0.1) is 11.0 Å². The van der Waals surface area contributed by atoms with Crippen molar-refractivity contribution in [2.24, 2.45) is 0 Å². The van der Waals surface area contributed by atoms with Crippen LogP contribution in [0.4, 0.5) is 0 Å². The number of hydrogen-bond donors (Lipinski definition) is 0. The topological polar surface area (TPSA) is 195 Å². The van der Waals surface area contributed by atoms with Crippen LogP contribution in [0.1, 0.15) is 0 Å². The summed E-state index contributed by atoms with van der Waals surface area (Å²) in [6.07, 6.45) is 2.60. The third-order valence-electron chi connectivity index (χ3n) is 1.14. The number of allylic oxidation sites excluding steroid dienone is 3. The summed E-state index contributed by atoms with van der Waals surface area (Å²) in [5.74, 6) is -1.57. The molecule has 0 atom stereocenters. The minimum absolute atomic E-state index is 0.352. The van der Waals surface area contributed by atoms with Crippen molar-refractivity contribution in [1.82, 2.24) is 0 Å². The summed E-state index contributed by atoms with van der Waals surface area (Å²) in [6, 6.07) is 0. The van der Waals surface area contributed by atoms with Gasteiger partial charge in [0.25, 0.3) is 5.70 Å². The van der Waals surface area contributed by atoms with Crippen LogP contribution in [-0.2, 0) is 9.59 Å². The van der Waals surface area contributed by atoms with Crippen molar-refractivity contribution in [2.45, 2.75) is 0 Å². The van der Waals surface area contributed by atoms with Crippen LogP contribution in [0, 0.1) is 10.1 Å². The highest BCUT2D eigenvalue weighted by molar-refractivity contribution is 6.46. The lowest BCUT2D eigenvalue weighted by Crippen LogP contribution is -2.14. The molecule has 0 amide bonds. The second-order valence-electron chi connectivity index (χ2n) is 2.07. The molecule has 1 rings (SSSR count). The van der Waals surface area contributed by atoms with Crippen molar-refractivity contribution in [3.05, 3.63) is 66.0 Å². The normalized spacial score (nSPS) is 11.6. The second-order valence-corrected chi connectivity index (χ2v) is 2.07. The Kier molecular flexibility index (Phi) is 9.00. The Bertz CT molecular complexity index is 439. The summed E-state index contributed by atoms with van der Waals surface area (Å²) in [4.78, 5) is 33.3. The lowest BCUT2D eigenvalue weighted by molar-refractivity contribution is -0.419. The maximum Gasteiger partial charge on any atom is 0.273 e.